The Morgan fingerprint density at radius 3 is 2.43 bits per heavy atom. The maximum absolute atomic E-state index is 12.8. The van der Waals surface area contributed by atoms with Crippen molar-refractivity contribution < 1.29 is 13.8 Å². The summed E-state index contributed by atoms with van der Waals surface area (Å²) < 4.78 is 11.6. The number of pyridine rings is 1. The van der Waals surface area contributed by atoms with Crippen molar-refractivity contribution in [1.29, 1.82) is 0 Å². The van der Waals surface area contributed by atoms with E-state index in [-0.39, 0.29) is 11.1 Å². The van der Waals surface area contributed by atoms with Crippen LogP contribution in [0.4, 0.5) is 17.2 Å². The van der Waals surface area contributed by atoms with Crippen LogP contribution in [0.25, 0.3) is 33.3 Å². The number of aromatic nitrogens is 1. The molecule has 0 aliphatic heterocycles. The van der Waals surface area contributed by atoms with Gasteiger partial charge in [0.15, 0.2) is 11.3 Å². The van der Waals surface area contributed by atoms with Gasteiger partial charge in [-0.15, -0.1) is 0 Å². The van der Waals surface area contributed by atoms with Crippen molar-refractivity contribution in [2.24, 2.45) is 0 Å². The highest BCUT2D eigenvalue weighted by Gasteiger charge is 2.22. The summed E-state index contributed by atoms with van der Waals surface area (Å²) in [4.78, 5) is 27.3. The van der Waals surface area contributed by atoms with Crippen LogP contribution in [-0.4, -0.2) is 9.91 Å². The molecule has 0 spiro atoms. The lowest BCUT2D eigenvalue weighted by atomic mass is 10.1. The normalized spacial score (nSPS) is 11.1. The maximum Gasteiger partial charge on any atom is 0.349 e. The van der Waals surface area contributed by atoms with Crippen LogP contribution in [0.5, 0.6) is 0 Å². The third-order valence-corrected chi connectivity index (χ3v) is 4.69. The van der Waals surface area contributed by atoms with Crippen molar-refractivity contribution in [3.63, 3.8) is 0 Å². The number of para-hydroxylation sites is 1. The number of anilines is 2. The summed E-state index contributed by atoms with van der Waals surface area (Å²) in [6, 6.07) is 19.2. The molecule has 0 saturated heterocycles. The third kappa shape index (κ3) is 2.87. The number of fused-ring (bicyclic) bond motifs is 3. The molecule has 30 heavy (non-hydrogen) atoms. The zero-order chi connectivity index (χ0) is 20.7. The molecule has 5 rings (SSSR count). The van der Waals surface area contributed by atoms with Gasteiger partial charge in [0.05, 0.1) is 10.3 Å². The lowest BCUT2D eigenvalue weighted by molar-refractivity contribution is -0.385. The third-order valence-electron chi connectivity index (χ3n) is 4.69. The van der Waals surface area contributed by atoms with Gasteiger partial charge in [0.25, 0.3) is 5.69 Å². The molecule has 5 aromatic rings. The number of nitrogens with zero attached hydrogens (tertiary/aromatic N) is 2. The Morgan fingerprint density at radius 2 is 1.70 bits per heavy atom. The summed E-state index contributed by atoms with van der Waals surface area (Å²) in [5.41, 5.74) is 1.26. The van der Waals surface area contributed by atoms with Crippen LogP contribution in [0.1, 0.15) is 0 Å². The molecular weight excluding hydrogens is 386 g/mol. The fourth-order valence-corrected chi connectivity index (χ4v) is 3.32. The topological polar surface area (TPSA) is 111 Å². The standard InChI is InChI=1S/C22H13N3O5/c26-22-18-19(24-17-11-10-14(12-23-17)25(27)28)20(13-6-2-1-3-7-13)30-21(18)15-8-4-5-9-16(15)29-22/h1-12H,(H,23,24). The molecule has 0 radical (unpaired) electrons. The molecule has 3 heterocycles. The minimum absolute atomic E-state index is 0.133. The van der Waals surface area contributed by atoms with Gasteiger partial charge >= 0.3 is 5.63 Å². The van der Waals surface area contributed by atoms with Crippen LogP contribution >= 0.6 is 0 Å². The van der Waals surface area contributed by atoms with Crippen LogP contribution < -0.4 is 10.9 Å². The first-order valence-corrected chi connectivity index (χ1v) is 9.03. The minimum Gasteiger partial charge on any atom is -0.453 e. The van der Waals surface area contributed by atoms with Gasteiger partial charge in [-0.1, -0.05) is 42.5 Å². The number of hydrogen-bond acceptors (Lipinski definition) is 7. The second-order valence-electron chi connectivity index (χ2n) is 6.55. The first-order valence-electron chi connectivity index (χ1n) is 9.03. The van der Waals surface area contributed by atoms with Crippen molar-refractivity contribution in [2.75, 3.05) is 5.32 Å². The van der Waals surface area contributed by atoms with E-state index in [1.807, 2.05) is 42.5 Å². The largest absolute Gasteiger partial charge is 0.453 e. The first-order chi connectivity index (χ1) is 14.6. The number of nitro groups is 1. The molecule has 0 atom stereocenters. The second-order valence-corrected chi connectivity index (χ2v) is 6.55. The summed E-state index contributed by atoms with van der Waals surface area (Å²) in [5.74, 6) is 0.766. The number of nitrogens with one attached hydrogen (secondary N) is 1. The molecule has 2 aromatic carbocycles. The molecule has 8 heteroatoms. The van der Waals surface area contributed by atoms with Crippen LogP contribution in [0.15, 0.2) is 86.6 Å². The number of rotatable bonds is 4. The van der Waals surface area contributed by atoms with Crippen molar-refractivity contribution in [3.8, 4) is 11.3 Å². The minimum atomic E-state index is -0.556. The van der Waals surface area contributed by atoms with Gasteiger partial charge in [-0.05, 0) is 18.2 Å². The van der Waals surface area contributed by atoms with Gasteiger partial charge in [-0.2, -0.15) is 0 Å². The van der Waals surface area contributed by atoms with Crippen molar-refractivity contribution >= 4 is 39.1 Å². The summed E-state index contributed by atoms with van der Waals surface area (Å²) in [6.07, 6.45) is 1.14. The molecule has 3 aromatic heterocycles. The van der Waals surface area contributed by atoms with Crippen LogP contribution in [0, 0.1) is 10.1 Å². The van der Waals surface area contributed by atoms with Gasteiger partial charge in [0, 0.05) is 11.6 Å². The van der Waals surface area contributed by atoms with Gasteiger partial charge in [0.2, 0.25) is 0 Å². The molecule has 0 unspecified atom stereocenters. The molecular formula is C22H13N3O5. The molecule has 8 nitrogen and oxygen atoms in total. The SMILES string of the molecule is O=c1oc2ccccc2c2oc(-c3ccccc3)c(Nc3ccc([N+](=O)[O-])cn3)c12. The number of furan rings is 1. The van der Waals surface area contributed by atoms with Crippen LogP contribution in [0.2, 0.25) is 0 Å². The van der Waals surface area contributed by atoms with E-state index in [9.17, 15) is 14.9 Å². The maximum atomic E-state index is 12.8. The molecule has 146 valence electrons. The zero-order valence-electron chi connectivity index (χ0n) is 15.4. The fraction of sp³-hybridized carbons (Fsp3) is 0. The fourth-order valence-electron chi connectivity index (χ4n) is 3.32. The van der Waals surface area contributed by atoms with Crippen LogP contribution in [-0.2, 0) is 0 Å². The summed E-state index contributed by atoms with van der Waals surface area (Å²) in [7, 11) is 0. The second kappa shape index (κ2) is 6.85. The lowest BCUT2D eigenvalue weighted by Gasteiger charge is -2.06. The predicted octanol–water partition coefficient (Wildman–Crippen LogP) is 5.25. The van der Waals surface area contributed by atoms with Crippen molar-refractivity contribution in [3.05, 3.63) is 93.5 Å². The molecule has 0 saturated carbocycles. The molecule has 0 amide bonds. The molecule has 0 fully saturated rings. The highest BCUT2D eigenvalue weighted by molar-refractivity contribution is 6.09. The number of hydrogen-bond donors (Lipinski definition) is 1. The quantitative estimate of drug-likeness (QED) is 0.249. The Bertz CT molecular complexity index is 1450. The summed E-state index contributed by atoms with van der Waals surface area (Å²) in [6.45, 7) is 0. The molecule has 0 bridgehead atoms. The first kappa shape index (κ1) is 17.6. The van der Waals surface area contributed by atoms with Gasteiger partial charge < -0.3 is 14.2 Å². The van der Waals surface area contributed by atoms with E-state index in [1.54, 1.807) is 12.1 Å². The predicted molar refractivity (Wildman–Crippen MR) is 112 cm³/mol. The van der Waals surface area contributed by atoms with E-state index >= 15 is 0 Å². The average Bonchev–Trinajstić information content (AvgIpc) is 3.15. The summed E-state index contributed by atoms with van der Waals surface area (Å²) in [5, 5.41) is 14.9. The Morgan fingerprint density at radius 1 is 0.933 bits per heavy atom. The van der Waals surface area contributed by atoms with Crippen molar-refractivity contribution in [1.82, 2.24) is 4.98 Å². The highest BCUT2D eigenvalue weighted by Crippen LogP contribution is 2.40. The lowest BCUT2D eigenvalue weighted by Crippen LogP contribution is -2.02. The Hall–Kier alpha value is -4.46. The zero-order valence-corrected chi connectivity index (χ0v) is 15.4. The van der Waals surface area contributed by atoms with Crippen LogP contribution in [0.3, 0.4) is 0 Å². The van der Waals surface area contributed by atoms with Gasteiger partial charge in [-0.25, -0.2) is 9.78 Å². The average molecular weight is 399 g/mol. The smallest absolute Gasteiger partial charge is 0.349 e. The molecule has 1 N–H and O–H groups in total. The van der Waals surface area contributed by atoms with E-state index in [2.05, 4.69) is 10.3 Å². The Labute approximate surface area is 168 Å². The Balaban J connectivity index is 1.77. The van der Waals surface area contributed by atoms with E-state index in [0.29, 0.717) is 33.8 Å². The number of benzene rings is 2. The summed E-state index contributed by atoms with van der Waals surface area (Å²) >= 11 is 0. The van der Waals surface area contributed by atoms with E-state index in [1.165, 1.54) is 12.1 Å². The highest BCUT2D eigenvalue weighted by atomic mass is 16.6. The van der Waals surface area contributed by atoms with E-state index in [4.69, 9.17) is 8.83 Å². The van der Waals surface area contributed by atoms with E-state index < -0.39 is 10.5 Å². The van der Waals surface area contributed by atoms with E-state index in [0.717, 1.165) is 11.8 Å². The van der Waals surface area contributed by atoms with Gasteiger partial charge in [-0.3, -0.25) is 10.1 Å². The van der Waals surface area contributed by atoms with Gasteiger partial charge in [0.1, 0.15) is 28.7 Å². The Kier molecular flexibility index (Phi) is 4.03. The monoisotopic (exact) mass is 399 g/mol. The molecule has 0 aliphatic rings. The molecule has 0 aliphatic carbocycles. The van der Waals surface area contributed by atoms with Crippen molar-refractivity contribution in [2.45, 2.75) is 0 Å².